The van der Waals surface area contributed by atoms with Crippen LogP contribution >= 0.6 is 11.8 Å². The van der Waals surface area contributed by atoms with Crippen LogP contribution in [0.5, 0.6) is 0 Å². The lowest BCUT2D eigenvalue weighted by molar-refractivity contribution is 0.0406. The number of hydrogen-bond acceptors (Lipinski definition) is 3. The van der Waals surface area contributed by atoms with Crippen LogP contribution in [0.25, 0.3) is 0 Å². The molecule has 3 saturated heterocycles. The Balaban J connectivity index is 1.60. The lowest BCUT2D eigenvalue weighted by Crippen LogP contribution is -2.56. The maximum absolute atomic E-state index is 2.84. The van der Waals surface area contributed by atoms with Gasteiger partial charge in [-0.25, -0.2) is 0 Å². The van der Waals surface area contributed by atoms with Crippen LogP contribution < -0.4 is 0 Å². The molecule has 3 rings (SSSR count). The highest BCUT2D eigenvalue weighted by Gasteiger charge is 2.36. The molecule has 2 nitrogen and oxygen atoms in total. The number of rotatable bonds is 3. The van der Waals surface area contributed by atoms with Gasteiger partial charge in [-0.15, -0.1) is 0 Å². The Hall–Kier alpha value is 0.270. The SMILES string of the molecule is CCC1CN2CCCC2CN1CC1CCSC1. The van der Waals surface area contributed by atoms with Crippen LogP contribution in [-0.2, 0) is 0 Å². The van der Waals surface area contributed by atoms with Gasteiger partial charge in [-0.05, 0) is 49.7 Å². The van der Waals surface area contributed by atoms with Crippen molar-refractivity contribution in [1.29, 1.82) is 0 Å². The summed E-state index contributed by atoms with van der Waals surface area (Å²) in [6, 6.07) is 1.74. The molecule has 3 fully saturated rings. The van der Waals surface area contributed by atoms with Gasteiger partial charge in [-0.1, -0.05) is 6.92 Å². The van der Waals surface area contributed by atoms with E-state index < -0.39 is 0 Å². The highest BCUT2D eigenvalue weighted by Crippen LogP contribution is 2.29. The maximum atomic E-state index is 2.84. The van der Waals surface area contributed by atoms with E-state index in [2.05, 4.69) is 28.5 Å². The lowest BCUT2D eigenvalue weighted by Gasteiger charge is -2.44. The first kappa shape index (κ1) is 12.3. The summed E-state index contributed by atoms with van der Waals surface area (Å²) in [5, 5.41) is 0. The van der Waals surface area contributed by atoms with Gasteiger partial charge < -0.3 is 0 Å². The molecular formula is C14H26N2S. The minimum Gasteiger partial charge on any atom is -0.298 e. The Morgan fingerprint density at radius 1 is 1.24 bits per heavy atom. The van der Waals surface area contributed by atoms with Gasteiger partial charge in [-0.3, -0.25) is 9.80 Å². The van der Waals surface area contributed by atoms with E-state index in [-0.39, 0.29) is 0 Å². The fourth-order valence-electron chi connectivity index (χ4n) is 3.82. The zero-order chi connectivity index (χ0) is 11.7. The third kappa shape index (κ3) is 2.66. The molecule has 3 unspecified atom stereocenters. The number of hydrogen-bond donors (Lipinski definition) is 0. The number of fused-ring (bicyclic) bond motifs is 1. The molecule has 98 valence electrons. The molecule has 0 radical (unpaired) electrons. The summed E-state index contributed by atoms with van der Waals surface area (Å²) >= 11 is 2.16. The molecule has 0 aromatic rings. The van der Waals surface area contributed by atoms with E-state index in [1.54, 1.807) is 0 Å². The topological polar surface area (TPSA) is 6.48 Å². The molecule has 0 N–H and O–H groups in total. The molecule has 0 aromatic carbocycles. The van der Waals surface area contributed by atoms with Crippen molar-refractivity contribution < 1.29 is 0 Å². The van der Waals surface area contributed by atoms with Gasteiger partial charge in [0.15, 0.2) is 0 Å². The van der Waals surface area contributed by atoms with Crippen LogP contribution in [0.1, 0.15) is 32.6 Å². The van der Waals surface area contributed by atoms with E-state index in [0.717, 1.165) is 18.0 Å². The van der Waals surface area contributed by atoms with Gasteiger partial charge >= 0.3 is 0 Å². The monoisotopic (exact) mass is 254 g/mol. The van der Waals surface area contributed by atoms with Gasteiger partial charge in [0.05, 0.1) is 0 Å². The van der Waals surface area contributed by atoms with Crippen molar-refractivity contribution in [2.75, 3.05) is 37.7 Å². The van der Waals surface area contributed by atoms with Gasteiger partial charge in [0, 0.05) is 31.7 Å². The van der Waals surface area contributed by atoms with Crippen molar-refractivity contribution in [3.05, 3.63) is 0 Å². The molecule has 0 aromatic heterocycles. The average molecular weight is 254 g/mol. The van der Waals surface area contributed by atoms with Crippen molar-refractivity contribution in [1.82, 2.24) is 9.80 Å². The minimum absolute atomic E-state index is 0.843. The smallest absolute Gasteiger partial charge is 0.0224 e. The highest BCUT2D eigenvalue weighted by molar-refractivity contribution is 7.99. The first-order valence-electron chi connectivity index (χ1n) is 7.42. The number of thioether (sulfide) groups is 1. The predicted octanol–water partition coefficient (Wildman–Crippen LogP) is 2.30. The molecule has 0 spiro atoms. The zero-order valence-corrected chi connectivity index (χ0v) is 11.9. The molecule has 3 atom stereocenters. The third-order valence-electron chi connectivity index (χ3n) is 4.89. The highest BCUT2D eigenvalue weighted by atomic mass is 32.2. The molecule has 3 aliphatic heterocycles. The van der Waals surface area contributed by atoms with Gasteiger partial charge in [0.1, 0.15) is 0 Å². The third-order valence-corrected chi connectivity index (χ3v) is 6.13. The van der Waals surface area contributed by atoms with Crippen LogP contribution in [0.2, 0.25) is 0 Å². The summed E-state index contributed by atoms with van der Waals surface area (Å²) in [5.41, 5.74) is 0. The molecule has 3 aliphatic rings. The molecule has 17 heavy (non-hydrogen) atoms. The van der Waals surface area contributed by atoms with Crippen LogP contribution in [0.15, 0.2) is 0 Å². The predicted molar refractivity (Wildman–Crippen MR) is 75.7 cm³/mol. The molecule has 0 aliphatic carbocycles. The van der Waals surface area contributed by atoms with E-state index in [1.807, 2.05) is 0 Å². The van der Waals surface area contributed by atoms with Crippen molar-refractivity contribution in [2.24, 2.45) is 5.92 Å². The summed E-state index contributed by atoms with van der Waals surface area (Å²) in [7, 11) is 0. The maximum Gasteiger partial charge on any atom is 0.0224 e. The summed E-state index contributed by atoms with van der Waals surface area (Å²) in [6.07, 6.45) is 5.69. The quantitative estimate of drug-likeness (QED) is 0.763. The van der Waals surface area contributed by atoms with E-state index in [0.29, 0.717) is 0 Å². The Morgan fingerprint density at radius 2 is 2.18 bits per heavy atom. The zero-order valence-electron chi connectivity index (χ0n) is 11.1. The fraction of sp³-hybridized carbons (Fsp3) is 1.00. The van der Waals surface area contributed by atoms with Crippen LogP contribution in [0.3, 0.4) is 0 Å². The second-order valence-electron chi connectivity index (χ2n) is 6.04. The largest absolute Gasteiger partial charge is 0.298 e. The number of piperazine rings is 1. The number of nitrogens with zero attached hydrogens (tertiary/aromatic N) is 2. The molecule has 3 heteroatoms. The van der Waals surface area contributed by atoms with E-state index in [4.69, 9.17) is 0 Å². The van der Waals surface area contributed by atoms with E-state index in [9.17, 15) is 0 Å². The van der Waals surface area contributed by atoms with E-state index in [1.165, 1.54) is 63.4 Å². The van der Waals surface area contributed by atoms with Gasteiger partial charge in [0.2, 0.25) is 0 Å². The Bertz CT molecular complexity index is 251. The minimum atomic E-state index is 0.843. The summed E-state index contributed by atoms with van der Waals surface area (Å²) in [5.74, 6) is 3.81. The molecule has 0 bridgehead atoms. The summed E-state index contributed by atoms with van der Waals surface area (Å²) < 4.78 is 0. The van der Waals surface area contributed by atoms with Gasteiger partial charge in [0.25, 0.3) is 0 Å². The molecule has 3 heterocycles. The first-order valence-corrected chi connectivity index (χ1v) is 8.58. The standard InChI is InChI=1S/C14H26N2S/c1-2-13-9-15-6-3-4-14(15)10-16(13)8-12-5-7-17-11-12/h12-14H,2-11H2,1H3. The first-order chi connectivity index (χ1) is 8.36. The second-order valence-corrected chi connectivity index (χ2v) is 7.19. The Morgan fingerprint density at radius 3 is 2.94 bits per heavy atom. The van der Waals surface area contributed by atoms with Crippen LogP contribution in [0.4, 0.5) is 0 Å². The normalized spacial score (nSPS) is 39.7. The Kier molecular flexibility index (Phi) is 3.98. The van der Waals surface area contributed by atoms with Crippen LogP contribution in [-0.4, -0.2) is 59.6 Å². The summed E-state index contributed by atoms with van der Waals surface area (Å²) in [6.45, 7) is 7.84. The molecular weight excluding hydrogens is 228 g/mol. The van der Waals surface area contributed by atoms with Crippen molar-refractivity contribution in [2.45, 2.75) is 44.7 Å². The van der Waals surface area contributed by atoms with Crippen LogP contribution in [0, 0.1) is 5.92 Å². The van der Waals surface area contributed by atoms with Crippen molar-refractivity contribution in [3.8, 4) is 0 Å². The lowest BCUT2D eigenvalue weighted by atomic mass is 10.0. The summed E-state index contributed by atoms with van der Waals surface area (Å²) in [4.78, 5) is 5.59. The Labute approximate surface area is 110 Å². The van der Waals surface area contributed by atoms with E-state index >= 15 is 0 Å². The average Bonchev–Trinajstić information content (AvgIpc) is 2.98. The van der Waals surface area contributed by atoms with Gasteiger partial charge in [-0.2, -0.15) is 11.8 Å². The second kappa shape index (κ2) is 5.50. The molecule has 0 saturated carbocycles. The van der Waals surface area contributed by atoms with Crippen molar-refractivity contribution in [3.63, 3.8) is 0 Å². The fourth-order valence-corrected chi connectivity index (χ4v) is 5.09. The molecule has 0 amide bonds. The van der Waals surface area contributed by atoms with Crippen molar-refractivity contribution >= 4 is 11.8 Å².